The van der Waals surface area contributed by atoms with Crippen LogP contribution in [0.25, 0.3) is 11.4 Å². The molecule has 2 saturated heterocycles. The van der Waals surface area contributed by atoms with Gasteiger partial charge in [-0.05, 0) is 129 Å². The van der Waals surface area contributed by atoms with Gasteiger partial charge in [0.1, 0.15) is 47.4 Å². The lowest BCUT2D eigenvalue weighted by atomic mass is 9.83. The van der Waals surface area contributed by atoms with Crippen molar-refractivity contribution in [1.82, 2.24) is 50.2 Å². The first-order valence-corrected chi connectivity index (χ1v) is 27.6. The van der Waals surface area contributed by atoms with Gasteiger partial charge in [-0.25, -0.2) is 19.0 Å². The van der Waals surface area contributed by atoms with E-state index in [1.54, 1.807) is 80.5 Å². The number of carbonyl (C=O) groups excluding carboxylic acids is 6. The first-order valence-electron chi connectivity index (χ1n) is 27.6. The summed E-state index contributed by atoms with van der Waals surface area (Å²) in [6, 6.07) is 18.8. The number of carboxylic acids is 1. The molecule has 4 fully saturated rings. The smallest absolute Gasteiger partial charge is 0.410 e. The fraction of sp³-hybridized carbons (Fsp3) is 0.561. The van der Waals surface area contributed by atoms with E-state index in [0.717, 1.165) is 82.0 Å². The Morgan fingerprint density at radius 3 is 1.62 bits per heavy atom. The van der Waals surface area contributed by atoms with Crippen LogP contribution in [0.2, 0.25) is 0 Å². The Kier molecular flexibility index (Phi) is 21.8. The molecule has 0 radical (unpaired) electrons. The quantitative estimate of drug-likeness (QED) is 0.0763. The van der Waals surface area contributed by atoms with Crippen molar-refractivity contribution in [3.8, 4) is 11.4 Å². The largest absolute Gasteiger partial charge is 0.480 e. The monoisotopic (exact) mass is 1080 g/mol. The van der Waals surface area contributed by atoms with Gasteiger partial charge in [0.2, 0.25) is 29.5 Å². The Balaban J connectivity index is 0.000000209. The molecule has 4 heterocycles. The first kappa shape index (κ1) is 59.9. The van der Waals surface area contributed by atoms with Gasteiger partial charge >= 0.3 is 12.1 Å². The number of rotatable bonds is 15. The van der Waals surface area contributed by atoms with Crippen LogP contribution in [0.15, 0.2) is 85.2 Å². The zero-order valence-corrected chi connectivity index (χ0v) is 46.4. The Labute approximate surface area is 458 Å². The van der Waals surface area contributed by atoms with Crippen molar-refractivity contribution in [2.24, 2.45) is 11.8 Å². The number of aliphatic carboxylic acids is 1. The van der Waals surface area contributed by atoms with Crippen molar-refractivity contribution in [3.63, 3.8) is 0 Å². The minimum absolute atomic E-state index is 0.0423. The van der Waals surface area contributed by atoms with Gasteiger partial charge in [0.25, 0.3) is 0 Å². The number of nitrogens with two attached hydrogens (primary N) is 1. The number of carboxylic acid groups (broad SMARTS) is 1. The van der Waals surface area contributed by atoms with Gasteiger partial charge in [-0.2, -0.15) is 10.2 Å². The predicted molar refractivity (Wildman–Crippen MR) is 296 cm³/mol. The van der Waals surface area contributed by atoms with Crippen LogP contribution in [-0.4, -0.2) is 150 Å². The molecular formula is C57H82N12O9. The van der Waals surface area contributed by atoms with Crippen LogP contribution < -0.4 is 27.0 Å². The average molecular weight is 1080 g/mol. The Morgan fingerprint density at radius 1 is 0.654 bits per heavy atom. The standard InChI is InChI=1S/C26H36N6O3.C22H37N3O6.C9H9N3/c1-18(27-2)24(33)30-23(19-10-5-3-6-11-19)26(35)31-17-9-14-21(31)25(34)29-22-15-16-28-32(22)20-12-7-4-8-13-20;1-14(24(5)21(30)31-22(2,3)4)18(26)23-17(15-10-7-6-8-11-15)19(27)25-13-9-12-16(25)20(28)29;10-9-6-7-11-12(9)8-4-2-1-3-5-8/h4,7-8,12-13,15-16,18-19,21,23,27H,3,5-6,9-11,14,17H2,1-2H3,(H,29,34)(H,30,33);14-17H,6-13H2,1-5H3,(H,23,26)(H,28,29);1-7H,10H2/t18-,21-,23-;14-,16-,17-;/m00./s1. The molecule has 21 heteroatoms. The number of anilines is 2. The van der Waals surface area contributed by atoms with Crippen LogP contribution in [0.4, 0.5) is 16.4 Å². The molecule has 2 aliphatic heterocycles. The van der Waals surface area contributed by atoms with Gasteiger partial charge in [0.05, 0.1) is 29.8 Å². The predicted octanol–water partition coefficient (Wildman–Crippen LogP) is 6.31. The number of para-hydroxylation sites is 2. The molecule has 6 atom stereocenters. The number of carbonyl (C=O) groups is 7. The van der Waals surface area contributed by atoms with Gasteiger partial charge in [-0.15, -0.1) is 0 Å². The molecule has 0 bridgehead atoms. The maximum absolute atomic E-state index is 13.8. The van der Waals surface area contributed by atoms with E-state index >= 15 is 0 Å². The summed E-state index contributed by atoms with van der Waals surface area (Å²) in [5.41, 5.74) is 6.81. The molecule has 0 spiro atoms. The van der Waals surface area contributed by atoms with Crippen LogP contribution in [0.5, 0.6) is 0 Å². The maximum Gasteiger partial charge on any atom is 0.410 e. The number of nitrogen functional groups attached to an aromatic ring is 1. The Bertz CT molecular complexity index is 2610. The number of nitrogens with zero attached hydrogens (tertiary/aromatic N) is 7. The summed E-state index contributed by atoms with van der Waals surface area (Å²) < 4.78 is 8.69. The lowest BCUT2D eigenvalue weighted by Crippen LogP contribution is -2.58. The summed E-state index contributed by atoms with van der Waals surface area (Å²) in [5, 5.41) is 29.7. The lowest BCUT2D eigenvalue weighted by Gasteiger charge is -2.35. The van der Waals surface area contributed by atoms with Crippen molar-refractivity contribution in [1.29, 1.82) is 0 Å². The second kappa shape index (κ2) is 28.4. The molecule has 4 aromatic rings. The van der Waals surface area contributed by atoms with Gasteiger partial charge in [-0.3, -0.25) is 28.9 Å². The van der Waals surface area contributed by atoms with E-state index in [0.29, 0.717) is 44.0 Å². The summed E-state index contributed by atoms with van der Waals surface area (Å²) in [6.45, 7) is 9.48. The fourth-order valence-corrected chi connectivity index (χ4v) is 10.5. The Morgan fingerprint density at radius 2 is 1.13 bits per heavy atom. The van der Waals surface area contributed by atoms with E-state index in [9.17, 15) is 38.7 Å². The molecule has 2 aliphatic carbocycles. The minimum Gasteiger partial charge on any atom is -0.480 e. The summed E-state index contributed by atoms with van der Waals surface area (Å²) >= 11 is 0. The fourth-order valence-electron chi connectivity index (χ4n) is 10.5. The summed E-state index contributed by atoms with van der Waals surface area (Å²) in [6.07, 6.45) is 14.8. The normalized spacial score (nSPS) is 19.3. The number of hydrogen-bond acceptors (Lipinski definition) is 12. The first-order chi connectivity index (χ1) is 37.3. The molecule has 424 valence electrons. The number of likely N-dealkylation sites (N-methyl/N-ethyl adjacent to an activating group) is 2. The molecule has 2 aromatic carbocycles. The highest BCUT2D eigenvalue weighted by Gasteiger charge is 2.43. The molecule has 21 nitrogen and oxygen atoms in total. The average Bonchev–Trinajstić information content (AvgIpc) is 4.30. The second-order valence-corrected chi connectivity index (χ2v) is 21.7. The topological polar surface area (TPSA) is 268 Å². The van der Waals surface area contributed by atoms with Crippen molar-refractivity contribution in [2.45, 2.75) is 166 Å². The van der Waals surface area contributed by atoms with Crippen molar-refractivity contribution >= 4 is 53.2 Å². The third-order valence-corrected chi connectivity index (χ3v) is 15.1. The summed E-state index contributed by atoms with van der Waals surface area (Å²) in [5.74, 6) is -1.12. The van der Waals surface area contributed by atoms with Crippen LogP contribution >= 0.6 is 0 Å². The molecule has 78 heavy (non-hydrogen) atoms. The number of aromatic nitrogens is 4. The number of ether oxygens (including phenoxy) is 1. The van der Waals surface area contributed by atoms with Gasteiger partial charge in [0.15, 0.2) is 0 Å². The third kappa shape index (κ3) is 16.1. The van der Waals surface area contributed by atoms with Crippen molar-refractivity contribution in [3.05, 3.63) is 85.2 Å². The number of likely N-dealkylation sites (tertiary alicyclic amines) is 2. The number of amides is 6. The van der Waals surface area contributed by atoms with Crippen LogP contribution in [-0.2, 0) is 33.5 Å². The van der Waals surface area contributed by atoms with Crippen LogP contribution in [0.1, 0.15) is 125 Å². The van der Waals surface area contributed by atoms with E-state index in [-0.39, 0.29) is 35.5 Å². The summed E-state index contributed by atoms with van der Waals surface area (Å²) in [7, 11) is 3.21. The molecule has 8 rings (SSSR count). The lowest BCUT2D eigenvalue weighted by molar-refractivity contribution is -0.150. The van der Waals surface area contributed by atoms with Crippen molar-refractivity contribution in [2.75, 3.05) is 38.2 Å². The SMILES string of the molecule is CN[C@@H](C)C(=O)N[C@H](C(=O)N1CCC[C@H]1C(=O)Nc1ccnn1-c1ccccc1)C1CCCCC1.C[C@@H](C(=O)N[C@H](C(=O)N1CCC[C@H]1C(=O)O)C1CCCCC1)N(C)C(=O)OC(C)(C)C.Nc1ccnn1-c1ccccc1. The zero-order chi connectivity index (χ0) is 56.5. The van der Waals surface area contributed by atoms with Gasteiger partial charge < -0.3 is 46.6 Å². The number of nitrogens with one attached hydrogen (secondary N) is 4. The highest BCUT2D eigenvalue weighted by molar-refractivity contribution is 5.99. The maximum atomic E-state index is 13.8. The third-order valence-electron chi connectivity index (χ3n) is 15.1. The van der Waals surface area contributed by atoms with E-state index < -0.39 is 59.8 Å². The minimum atomic E-state index is -1.02. The van der Waals surface area contributed by atoms with Gasteiger partial charge in [-0.1, -0.05) is 74.9 Å². The van der Waals surface area contributed by atoms with Gasteiger partial charge in [0, 0.05) is 32.3 Å². The number of hydrogen-bond donors (Lipinski definition) is 6. The molecule has 2 aromatic heterocycles. The highest BCUT2D eigenvalue weighted by Crippen LogP contribution is 2.32. The molecule has 6 amide bonds. The van der Waals surface area contributed by atoms with E-state index in [1.165, 1.54) is 16.8 Å². The summed E-state index contributed by atoms with van der Waals surface area (Å²) in [4.78, 5) is 94.4. The van der Waals surface area contributed by atoms with Crippen LogP contribution in [0, 0.1) is 11.8 Å². The van der Waals surface area contributed by atoms with E-state index in [2.05, 4.69) is 31.5 Å². The Hall–Kier alpha value is -7.29. The number of benzene rings is 2. The molecular weight excluding hydrogens is 997 g/mol. The molecule has 0 unspecified atom stereocenters. The van der Waals surface area contributed by atoms with E-state index in [1.807, 2.05) is 60.7 Å². The van der Waals surface area contributed by atoms with Crippen LogP contribution in [0.3, 0.4) is 0 Å². The van der Waals surface area contributed by atoms with E-state index in [4.69, 9.17) is 10.5 Å². The molecule has 2 saturated carbocycles. The highest BCUT2D eigenvalue weighted by atomic mass is 16.6. The molecule has 7 N–H and O–H groups in total. The second-order valence-electron chi connectivity index (χ2n) is 21.7. The zero-order valence-electron chi connectivity index (χ0n) is 46.4. The van der Waals surface area contributed by atoms with Crippen molar-refractivity contribution < 1.29 is 43.4 Å². The molecule has 4 aliphatic rings.